The van der Waals surface area contributed by atoms with Gasteiger partial charge in [-0.15, -0.1) is 0 Å². The van der Waals surface area contributed by atoms with Crippen molar-refractivity contribution in [2.75, 3.05) is 13.2 Å². The average Bonchev–Trinajstić information content (AvgIpc) is 3.02. The molecule has 132 valence electrons. The highest BCUT2D eigenvalue weighted by Crippen LogP contribution is 2.19. The molecule has 25 heavy (non-hydrogen) atoms. The molecule has 1 aliphatic rings. The number of rotatable bonds is 5. The van der Waals surface area contributed by atoms with Gasteiger partial charge >= 0.3 is 5.97 Å². The summed E-state index contributed by atoms with van der Waals surface area (Å²) in [4.78, 5) is 24.1. The van der Waals surface area contributed by atoms with Crippen LogP contribution in [0.1, 0.15) is 29.0 Å². The van der Waals surface area contributed by atoms with Gasteiger partial charge in [0.25, 0.3) is 5.91 Å². The zero-order valence-electron chi connectivity index (χ0n) is 14.0. The van der Waals surface area contributed by atoms with E-state index in [4.69, 9.17) is 4.74 Å². The molecule has 1 aromatic heterocycles. The lowest BCUT2D eigenvalue weighted by atomic mass is 9.93. The summed E-state index contributed by atoms with van der Waals surface area (Å²) < 4.78 is 7.01. The number of carbonyl (C=O) groups excluding carboxylic acids is 1. The summed E-state index contributed by atoms with van der Waals surface area (Å²) in [5.74, 6) is -1.77. The van der Waals surface area contributed by atoms with E-state index in [0.29, 0.717) is 19.6 Å². The van der Waals surface area contributed by atoms with E-state index in [0.717, 1.165) is 17.8 Å². The number of ether oxygens (including phenoxy) is 1. The monoisotopic (exact) mass is 343 g/mol. The molecule has 2 atom stereocenters. The van der Waals surface area contributed by atoms with Gasteiger partial charge in [-0.25, -0.2) is 9.48 Å². The van der Waals surface area contributed by atoms with Crippen molar-refractivity contribution >= 4 is 11.9 Å². The van der Waals surface area contributed by atoms with E-state index in [2.05, 4.69) is 10.4 Å². The largest absolute Gasteiger partial charge is 0.480 e. The first kappa shape index (κ1) is 17.2. The maximum atomic E-state index is 12.5. The average molecular weight is 343 g/mol. The van der Waals surface area contributed by atoms with E-state index in [-0.39, 0.29) is 11.6 Å². The molecule has 0 radical (unpaired) electrons. The van der Waals surface area contributed by atoms with Crippen molar-refractivity contribution in [3.05, 3.63) is 47.8 Å². The van der Waals surface area contributed by atoms with Crippen molar-refractivity contribution < 1.29 is 19.4 Å². The summed E-state index contributed by atoms with van der Waals surface area (Å²) in [7, 11) is 0. The van der Waals surface area contributed by atoms with Gasteiger partial charge in [-0.05, 0) is 38.0 Å². The highest BCUT2D eigenvalue weighted by atomic mass is 16.5. The summed E-state index contributed by atoms with van der Waals surface area (Å²) in [6.45, 7) is 2.83. The smallest absolute Gasteiger partial charge is 0.326 e. The number of carboxylic acid groups (broad SMARTS) is 1. The van der Waals surface area contributed by atoms with Crippen LogP contribution >= 0.6 is 0 Å². The normalized spacial score (nSPS) is 18.5. The van der Waals surface area contributed by atoms with Crippen LogP contribution < -0.4 is 5.32 Å². The summed E-state index contributed by atoms with van der Waals surface area (Å²) in [6, 6.07) is 10.1. The fraction of sp³-hybridized carbons (Fsp3) is 0.389. The van der Waals surface area contributed by atoms with Crippen LogP contribution in [0.4, 0.5) is 0 Å². The molecule has 0 aliphatic carbocycles. The number of carbonyl (C=O) groups is 2. The maximum Gasteiger partial charge on any atom is 0.326 e. The van der Waals surface area contributed by atoms with Crippen LogP contribution in [-0.4, -0.2) is 46.0 Å². The first-order valence-electron chi connectivity index (χ1n) is 8.30. The number of aryl methyl sites for hydroxylation is 1. The van der Waals surface area contributed by atoms with Crippen LogP contribution in [0.5, 0.6) is 0 Å². The Morgan fingerprint density at radius 2 is 2.12 bits per heavy atom. The third-order valence-electron chi connectivity index (χ3n) is 4.34. The molecule has 2 heterocycles. The number of benzene rings is 1. The number of aromatic nitrogens is 2. The number of amides is 1. The lowest BCUT2D eigenvalue weighted by molar-refractivity contribution is -0.142. The molecule has 7 nitrogen and oxygen atoms in total. The predicted octanol–water partition coefficient (Wildman–Crippen LogP) is 1.79. The second-order valence-electron chi connectivity index (χ2n) is 6.18. The lowest BCUT2D eigenvalue weighted by Gasteiger charge is -2.27. The van der Waals surface area contributed by atoms with Crippen molar-refractivity contribution in [3.63, 3.8) is 0 Å². The minimum absolute atomic E-state index is 0.198. The molecule has 1 fully saturated rings. The molecule has 3 rings (SSSR count). The molecule has 1 aliphatic heterocycles. The van der Waals surface area contributed by atoms with Gasteiger partial charge in [-0.2, -0.15) is 5.10 Å². The van der Waals surface area contributed by atoms with Gasteiger partial charge < -0.3 is 15.2 Å². The quantitative estimate of drug-likeness (QED) is 0.863. The standard InChI is InChI=1S/C18H21N3O4/c1-12-10-15(20-21(12)14-7-3-2-4-8-14)17(22)19-16(18(23)24)13-6-5-9-25-11-13/h2-4,7-8,10,13,16H,5-6,9,11H2,1H3,(H,19,22)(H,23,24). The molecule has 1 aromatic carbocycles. The summed E-state index contributed by atoms with van der Waals surface area (Å²) >= 11 is 0. The van der Waals surface area contributed by atoms with Crippen molar-refractivity contribution in [2.24, 2.45) is 5.92 Å². The fourth-order valence-electron chi connectivity index (χ4n) is 3.04. The molecule has 1 saturated heterocycles. The van der Waals surface area contributed by atoms with Gasteiger partial charge in [0.15, 0.2) is 5.69 Å². The fourth-order valence-corrected chi connectivity index (χ4v) is 3.04. The van der Waals surface area contributed by atoms with Gasteiger partial charge in [-0.3, -0.25) is 4.79 Å². The van der Waals surface area contributed by atoms with E-state index in [1.54, 1.807) is 10.7 Å². The Kier molecular flexibility index (Phi) is 5.14. The summed E-state index contributed by atoms with van der Waals surface area (Å²) in [5, 5.41) is 16.4. The molecule has 0 bridgehead atoms. The molecule has 2 aromatic rings. The zero-order chi connectivity index (χ0) is 17.8. The molecule has 1 amide bonds. The number of nitrogens with zero attached hydrogens (tertiary/aromatic N) is 2. The van der Waals surface area contributed by atoms with E-state index >= 15 is 0 Å². The second-order valence-corrected chi connectivity index (χ2v) is 6.18. The number of para-hydroxylation sites is 1. The topological polar surface area (TPSA) is 93.5 Å². The molecule has 0 spiro atoms. The Labute approximate surface area is 145 Å². The Hall–Kier alpha value is -2.67. The van der Waals surface area contributed by atoms with Gasteiger partial charge in [-0.1, -0.05) is 18.2 Å². The molecular formula is C18H21N3O4. The number of nitrogens with one attached hydrogen (secondary N) is 1. The first-order chi connectivity index (χ1) is 12.1. The van der Waals surface area contributed by atoms with Gasteiger partial charge in [0.05, 0.1) is 12.3 Å². The minimum Gasteiger partial charge on any atom is -0.480 e. The van der Waals surface area contributed by atoms with Gasteiger partial charge in [0.1, 0.15) is 6.04 Å². The number of aliphatic carboxylic acids is 1. The van der Waals surface area contributed by atoms with E-state index in [1.165, 1.54) is 0 Å². The Morgan fingerprint density at radius 1 is 1.36 bits per heavy atom. The summed E-state index contributed by atoms with van der Waals surface area (Å²) in [5.41, 5.74) is 1.84. The lowest BCUT2D eigenvalue weighted by Crippen LogP contribution is -2.48. The molecular weight excluding hydrogens is 322 g/mol. The van der Waals surface area contributed by atoms with Crippen molar-refractivity contribution in [1.82, 2.24) is 15.1 Å². The molecule has 2 N–H and O–H groups in total. The molecule has 0 saturated carbocycles. The zero-order valence-corrected chi connectivity index (χ0v) is 14.0. The van der Waals surface area contributed by atoms with Crippen LogP contribution in [0.15, 0.2) is 36.4 Å². The van der Waals surface area contributed by atoms with Crippen LogP contribution in [-0.2, 0) is 9.53 Å². The predicted molar refractivity (Wildman–Crippen MR) is 90.7 cm³/mol. The van der Waals surface area contributed by atoms with Crippen LogP contribution in [0.25, 0.3) is 5.69 Å². The molecule has 2 unspecified atom stereocenters. The van der Waals surface area contributed by atoms with Crippen LogP contribution in [0.3, 0.4) is 0 Å². The number of hydrogen-bond donors (Lipinski definition) is 2. The highest BCUT2D eigenvalue weighted by molar-refractivity contribution is 5.95. The SMILES string of the molecule is Cc1cc(C(=O)NC(C(=O)O)C2CCCOC2)nn1-c1ccccc1. The van der Waals surface area contributed by atoms with Gasteiger partial charge in [0, 0.05) is 18.2 Å². The van der Waals surface area contributed by atoms with Gasteiger partial charge in [0.2, 0.25) is 0 Å². The van der Waals surface area contributed by atoms with Crippen LogP contribution in [0, 0.1) is 12.8 Å². The maximum absolute atomic E-state index is 12.5. The second kappa shape index (κ2) is 7.48. The third-order valence-corrected chi connectivity index (χ3v) is 4.34. The minimum atomic E-state index is -1.05. The van der Waals surface area contributed by atoms with Crippen LogP contribution in [0.2, 0.25) is 0 Å². The third kappa shape index (κ3) is 3.88. The number of carboxylic acids is 1. The first-order valence-corrected chi connectivity index (χ1v) is 8.30. The molecule has 7 heteroatoms. The van der Waals surface area contributed by atoms with E-state index in [9.17, 15) is 14.7 Å². The van der Waals surface area contributed by atoms with Crippen molar-refractivity contribution in [1.29, 1.82) is 0 Å². The Bertz CT molecular complexity index is 751. The van der Waals surface area contributed by atoms with Crippen molar-refractivity contribution in [3.8, 4) is 5.69 Å². The summed E-state index contributed by atoms with van der Waals surface area (Å²) in [6.07, 6.45) is 1.51. The van der Waals surface area contributed by atoms with E-state index < -0.39 is 17.9 Å². The van der Waals surface area contributed by atoms with E-state index in [1.807, 2.05) is 37.3 Å². The number of hydrogen-bond acceptors (Lipinski definition) is 4. The highest BCUT2D eigenvalue weighted by Gasteiger charge is 2.32. The Morgan fingerprint density at radius 3 is 2.76 bits per heavy atom. The van der Waals surface area contributed by atoms with Crippen molar-refractivity contribution in [2.45, 2.75) is 25.8 Å². The Balaban J connectivity index is 1.77.